The fourth-order valence-electron chi connectivity index (χ4n) is 2.27. The molecule has 5 heteroatoms. The number of aromatic nitrogens is 2. The Labute approximate surface area is 93.5 Å². The molecule has 2 aliphatic rings. The van der Waals surface area contributed by atoms with E-state index in [4.69, 9.17) is 0 Å². The number of hydrogen-bond acceptors (Lipinski definition) is 3. The van der Waals surface area contributed by atoms with Crippen molar-refractivity contribution < 1.29 is 9.90 Å². The Bertz CT molecular complexity index is 435. The van der Waals surface area contributed by atoms with Gasteiger partial charge in [-0.25, -0.2) is 4.79 Å². The zero-order valence-corrected chi connectivity index (χ0v) is 9.07. The van der Waals surface area contributed by atoms with Crippen LogP contribution in [0.5, 0.6) is 0 Å². The Kier molecular flexibility index (Phi) is 2.21. The van der Waals surface area contributed by atoms with Gasteiger partial charge in [-0.3, -0.25) is 4.68 Å². The predicted molar refractivity (Wildman–Crippen MR) is 57.3 cm³/mol. The van der Waals surface area contributed by atoms with Crippen molar-refractivity contribution in [1.29, 1.82) is 0 Å². The molecule has 5 nitrogen and oxygen atoms in total. The number of hydrogen-bond donors (Lipinski definition) is 2. The predicted octanol–water partition coefficient (Wildman–Crippen LogP) is 0.637. The first-order chi connectivity index (χ1) is 7.75. The molecule has 0 atom stereocenters. The van der Waals surface area contributed by atoms with E-state index in [2.05, 4.69) is 10.4 Å². The van der Waals surface area contributed by atoms with Crippen LogP contribution in [0.25, 0.3) is 0 Å². The van der Waals surface area contributed by atoms with Crippen LogP contribution in [-0.2, 0) is 19.5 Å². The molecule has 86 valence electrons. The summed E-state index contributed by atoms with van der Waals surface area (Å²) in [6, 6.07) is 0. The van der Waals surface area contributed by atoms with Crippen LogP contribution in [0.15, 0.2) is 0 Å². The Morgan fingerprint density at radius 3 is 3.06 bits per heavy atom. The summed E-state index contributed by atoms with van der Waals surface area (Å²) in [4.78, 5) is 11.3. The number of carboxylic acid groups (broad SMARTS) is 1. The summed E-state index contributed by atoms with van der Waals surface area (Å²) in [7, 11) is 0. The van der Waals surface area contributed by atoms with Crippen molar-refractivity contribution in [2.75, 3.05) is 6.54 Å². The normalized spacial score (nSPS) is 19.5. The van der Waals surface area contributed by atoms with Gasteiger partial charge in [0.2, 0.25) is 0 Å². The molecular formula is C11H15N3O2. The summed E-state index contributed by atoms with van der Waals surface area (Å²) in [5, 5.41) is 16.9. The number of nitrogens with one attached hydrogen (secondary N) is 1. The molecule has 1 aliphatic carbocycles. The third kappa shape index (κ3) is 1.61. The number of rotatable bonds is 3. The zero-order chi connectivity index (χ0) is 11.1. The second-order valence-electron chi connectivity index (χ2n) is 4.63. The van der Waals surface area contributed by atoms with Crippen LogP contribution < -0.4 is 5.32 Å². The molecule has 1 aromatic heterocycles. The minimum Gasteiger partial charge on any atom is -0.477 e. The minimum absolute atomic E-state index is 0.397. The molecular weight excluding hydrogens is 206 g/mol. The Morgan fingerprint density at radius 2 is 2.38 bits per heavy atom. The van der Waals surface area contributed by atoms with Gasteiger partial charge in [0.25, 0.3) is 0 Å². The van der Waals surface area contributed by atoms with Gasteiger partial charge < -0.3 is 10.4 Å². The van der Waals surface area contributed by atoms with Gasteiger partial charge in [-0.2, -0.15) is 5.10 Å². The Morgan fingerprint density at radius 1 is 1.56 bits per heavy atom. The van der Waals surface area contributed by atoms with E-state index in [1.807, 2.05) is 0 Å². The van der Waals surface area contributed by atoms with Crippen LogP contribution in [0.1, 0.15) is 34.6 Å². The highest BCUT2D eigenvalue weighted by molar-refractivity contribution is 5.87. The summed E-state index contributed by atoms with van der Waals surface area (Å²) >= 11 is 0. The molecule has 1 saturated carbocycles. The van der Waals surface area contributed by atoms with E-state index in [1.54, 1.807) is 4.68 Å². The third-order valence-electron chi connectivity index (χ3n) is 3.30. The van der Waals surface area contributed by atoms with Crippen LogP contribution in [0.4, 0.5) is 0 Å². The smallest absolute Gasteiger partial charge is 0.354 e. The topological polar surface area (TPSA) is 67.1 Å². The van der Waals surface area contributed by atoms with E-state index in [-0.39, 0.29) is 0 Å². The lowest BCUT2D eigenvalue weighted by Crippen LogP contribution is -2.24. The van der Waals surface area contributed by atoms with Gasteiger partial charge in [0.1, 0.15) is 0 Å². The SMILES string of the molecule is O=C(O)c1c2c(nn1CC1CC1)CCNC2. The summed E-state index contributed by atoms with van der Waals surface area (Å²) in [5.74, 6) is -0.203. The molecule has 3 rings (SSSR count). The summed E-state index contributed by atoms with van der Waals surface area (Å²) < 4.78 is 1.71. The second kappa shape index (κ2) is 3.59. The molecule has 0 aromatic carbocycles. The lowest BCUT2D eigenvalue weighted by Gasteiger charge is -2.11. The standard InChI is InChI=1S/C11H15N3O2/c15-11(16)10-8-5-12-4-3-9(8)13-14(10)6-7-1-2-7/h7,12H,1-6H2,(H,15,16). The van der Waals surface area contributed by atoms with Gasteiger partial charge in [0, 0.05) is 31.6 Å². The van der Waals surface area contributed by atoms with Crippen LogP contribution in [0, 0.1) is 5.92 Å². The Balaban J connectivity index is 2.00. The molecule has 1 aliphatic heterocycles. The average molecular weight is 221 g/mol. The van der Waals surface area contributed by atoms with E-state index >= 15 is 0 Å². The van der Waals surface area contributed by atoms with E-state index in [0.717, 1.165) is 30.8 Å². The van der Waals surface area contributed by atoms with Crippen molar-refractivity contribution in [3.63, 3.8) is 0 Å². The van der Waals surface area contributed by atoms with Crippen molar-refractivity contribution in [2.45, 2.75) is 32.4 Å². The molecule has 0 spiro atoms. The first-order valence-electron chi connectivity index (χ1n) is 5.78. The lowest BCUT2D eigenvalue weighted by atomic mass is 10.1. The van der Waals surface area contributed by atoms with Gasteiger partial charge >= 0.3 is 5.97 Å². The highest BCUT2D eigenvalue weighted by Crippen LogP contribution is 2.31. The van der Waals surface area contributed by atoms with Gasteiger partial charge in [-0.05, 0) is 18.8 Å². The monoisotopic (exact) mass is 221 g/mol. The molecule has 2 heterocycles. The van der Waals surface area contributed by atoms with Gasteiger partial charge in [-0.15, -0.1) is 0 Å². The molecule has 0 unspecified atom stereocenters. The molecule has 0 radical (unpaired) electrons. The molecule has 0 bridgehead atoms. The molecule has 1 fully saturated rings. The summed E-state index contributed by atoms with van der Waals surface area (Å²) in [6.45, 7) is 2.31. The van der Waals surface area contributed by atoms with Crippen LogP contribution in [-0.4, -0.2) is 27.4 Å². The highest BCUT2D eigenvalue weighted by atomic mass is 16.4. The fraction of sp³-hybridized carbons (Fsp3) is 0.636. The van der Waals surface area contributed by atoms with E-state index in [0.29, 0.717) is 18.2 Å². The van der Waals surface area contributed by atoms with E-state index in [1.165, 1.54) is 12.8 Å². The maximum atomic E-state index is 11.3. The maximum absolute atomic E-state index is 11.3. The first-order valence-corrected chi connectivity index (χ1v) is 5.78. The highest BCUT2D eigenvalue weighted by Gasteiger charge is 2.29. The largest absolute Gasteiger partial charge is 0.477 e. The Hall–Kier alpha value is -1.36. The quantitative estimate of drug-likeness (QED) is 0.786. The number of fused-ring (bicyclic) bond motifs is 1. The number of carboxylic acids is 1. The average Bonchev–Trinajstić information content (AvgIpc) is 2.97. The van der Waals surface area contributed by atoms with Crippen LogP contribution in [0.3, 0.4) is 0 Å². The van der Waals surface area contributed by atoms with Gasteiger partial charge in [-0.1, -0.05) is 0 Å². The van der Waals surface area contributed by atoms with Crippen molar-refractivity contribution in [3.8, 4) is 0 Å². The lowest BCUT2D eigenvalue weighted by molar-refractivity contribution is 0.0681. The van der Waals surface area contributed by atoms with Crippen molar-refractivity contribution >= 4 is 5.97 Å². The third-order valence-corrected chi connectivity index (χ3v) is 3.30. The van der Waals surface area contributed by atoms with Crippen molar-refractivity contribution in [3.05, 3.63) is 17.0 Å². The van der Waals surface area contributed by atoms with E-state index < -0.39 is 5.97 Å². The van der Waals surface area contributed by atoms with Gasteiger partial charge in [0.15, 0.2) is 5.69 Å². The molecule has 2 N–H and O–H groups in total. The summed E-state index contributed by atoms with van der Waals surface area (Å²) in [5.41, 5.74) is 2.25. The number of aromatic carboxylic acids is 1. The number of carbonyl (C=O) groups is 1. The van der Waals surface area contributed by atoms with Crippen LogP contribution in [0.2, 0.25) is 0 Å². The number of nitrogens with zero attached hydrogens (tertiary/aromatic N) is 2. The molecule has 16 heavy (non-hydrogen) atoms. The van der Waals surface area contributed by atoms with Crippen LogP contribution >= 0.6 is 0 Å². The minimum atomic E-state index is -0.849. The summed E-state index contributed by atoms with van der Waals surface area (Å²) in [6.07, 6.45) is 3.26. The molecule has 1 aromatic rings. The fourth-order valence-corrected chi connectivity index (χ4v) is 2.27. The zero-order valence-electron chi connectivity index (χ0n) is 9.07. The van der Waals surface area contributed by atoms with Crippen molar-refractivity contribution in [1.82, 2.24) is 15.1 Å². The molecule has 0 amide bonds. The van der Waals surface area contributed by atoms with Crippen molar-refractivity contribution in [2.24, 2.45) is 5.92 Å². The first kappa shape index (κ1) is 9.84. The second-order valence-corrected chi connectivity index (χ2v) is 4.63. The maximum Gasteiger partial charge on any atom is 0.354 e. The van der Waals surface area contributed by atoms with E-state index in [9.17, 15) is 9.90 Å². The molecule has 0 saturated heterocycles. The van der Waals surface area contributed by atoms with Gasteiger partial charge in [0.05, 0.1) is 5.69 Å².